The predicted molar refractivity (Wildman–Crippen MR) is 75.6 cm³/mol. The molecule has 110 valence electrons. The summed E-state index contributed by atoms with van der Waals surface area (Å²) in [6.45, 7) is 3.80. The summed E-state index contributed by atoms with van der Waals surface area (Å²) in [5, 5.41) is 0. The third kappa shape index (κ3) is 3.03. The van der Waals surface area contributed by atoms with Crippen LogP contribution >= 0.6 is 12.4 Å². The summed E-state index contributed by atoms with van der Waals surface area (Å²) in [7, 11) is 0. The predicted octanol–water partition coefficient (Wildman–Crippen LogP) is 0.504. The lowest BCUT2D eigenvalue weighted by Crippen LogP contribution is -2.51. The van der Waals surface area contributed by atoms with Crippen LogP contribution in [0, 0.1) is 17.8 Å². The van der Waals surface area contributed by atoms with E-state index in [2.05, 4.69) is 0 Å². The molecule has 2 aliphatic carbocycles. The number of primary amides is 1. The average molecular weight is 290 g/mol. The summed E-state index contributed by atoms with van der Waals surface area (Å²) in [6, 6.07) is -0.0540. The van der Waals surface area contributed by atoms with Crippen molar-refractivity contribution in [1.29, 1.82) is 0 Å². The first-order valence-corrected chi connectivity index (χ1v) is 6.76. The van der Waals surface area contributed by atoms with Gasteiger partial charge in [-0.25, -0.2) is 0 Å². The average Bonchev–Trinajstić information content (AvgIpc) is 2.84. The van der Waals surface area contributed by atoms with Gasteiger partial charge in [-0.3, -0.25) is 9.59 Å². The molecule has 0 aromatic carbocycles. The summed E-state index contributed by atoms with van der Waals surface area (Å²) in [5.41, 5.74) is 11.4. The van der Waals surface area contributed by atoms with Crippen LogP contribution in [0.3, 0.4) is 0 Å². The van der Waals surface area contributed by atoms with Crippen LogP contribution in [0.15, 0.2) is 0 Å². The van der Waals surface area contributed by atoms with Gasteiger partial charge in [0.1, 0.15) is 0 Å². The second-order valence-corrected chi connectivity index (χ2v) is 5.96. The Hall–Kier alpha value is -0.810. The van der Waals surface area contributed by atoms with Crippen molar-refractivity contribution in [2.75, 3.05) is 6.54 Å². The molecule has 0 aromatic heterocycles. The molecule has 2 saturated carbocycles. The number of halogens is 1. The third-order valence-electron chi connectivity index (χ3n) is 4.50. The fraction of sp³-hybridized carbons (Fsp3) is 0.846. The number of hydrogen-bond donors (Lipinski definition) is 2. The van der Waals surface area contributed by atoms with Gasteiger partial charge < -0.3 is 16.4 Å². The summed E-state index contributed by atoms with van der Waals surface area (Å²) in [4.78, 5) is 25.2. The molecule has 19 heavy (non-hydrogen) atoms. The molecule has 2 fully saturated rings. The second kappa shape index (κ2) is 6.09. The largest absolute Gasteiger partial charge is 0.368 e. The number of carbonyl (C=O) groups is 2. The first-order chi connectivity index (χ1) is 8.41. The molecule has 0 radical (unpaired) electrons. The summed E-state index contributed by atoms with van der Waals surface area (Å²) < 4.78 is 0. The number of fused-ring (bicyclic) bond motifs is 2. The van der Waals surface area contributed by atoms with Gasteiger partial charge in [-0.15, -0.1) is 12.4 Å². The van der Waals surface area contributed by atoms with Crippen molar-refractivity contribution < 1.29 is 9.59 Å². The second-order valence-electron chi connectivity index (χ2n) is 5.96. The highest BCUT2D eigenvalue weighted by molar-refractivity contribution is 5.86. The van der Waals surface area contributed by atoms with E-state index in [4.69, 9.17) is 11.5 Å². The number of amides is 2. The Morgan fingerprint density at radius 1 is 1.26 bits per heavy atom. The van der Waals surface area contributed by atoms with Crippen molar-refractivity contribution in [3.63, 3.8) is 0 Å². The van der Waals surface area contributed by atoms with Crippen molar-refractivity contribution in [3.05, 3.63) is 0 Å². The summed E-state index contributed by atoms with van der Waals surface area (Å²) in [5.74, 6) is 0.348. The maximum atomic E-state index is 12.6. The monoisotopic (exact) mass is 289 g/mol. The summed E-state index contributed by atoms with van der Waals surface area (Å²) in [6.07, 6.45) is 3.31. The first kappa shape index (κ1) is 16.2. The van der Waals surface area contributed by atoms with Gasteiger partial charge in [-0.05, 0) is 44.9 Å². The molecular weight excluding hydrogens is 266 g/mol. The van der Waals surface area contributed by atoms with Gasteiger partial charge in [0.2, 0.25) is 11.8 Å². The lowest BCUT2D eigenvalue weighted by molar-refractivity contribution is -0.142. The molecular formula is C13H24ClN3O2. The standard InChI is InChI=1S/C13H23N3O2.ClH/c1-7(2)16(6-10(14)17)13(18)11-8-3-4-9(5-8)12(11)15;/h7-9,11-12H,3-6,15H2,1-2H3,(H2,14,17);1H. The van der Waals surface area contributed by atoms with Crippen molar-refractivity contribution in [1.82, 2.24) is 4.90 Å². The van der Waals surface area contributed by atoms with Gasteiger partial charge in [0.25, 0.3) is 0 Å². The van der Waals surface area contributed by atoms with E-state index >= 15 is 0 Å². The van der Waals surface area contributed by atoms with E-state index in [0.717, 1.165) is 19.3 Å². The third-order valence-corrected chi connectivity index (χ3v) is 4.50. The van der Waals surface area contributed by atoms with Crippen molar-refractivity contribution in [2.24, 2.45) is 29.2 Å². The van der Waals surface area contributed by atoms with Crippen LogP contribution in [0.1, 0.15) is 33.1 Å². The zero-order chi connectivity index (χ0) is 13.4. The van der Waals surface area contributed by atoms with E-state index in [1.165, 1.54) is 0 Å². The Morgan fingerprint density at radius 3 is 2.26 bits per heavy atom. The van der Waals surface area contributed by atoms with Crippen molar-refractivity contribution in [2.45, 2.75) is 45.2 Å². The van der Waals surface area contributed by atoms with Crippen LogP contribution in [0.4, 0.5) is 0 Å². The Balaban J connectivity index is 0.00000180. The quantitative estimate of drug-likeness (QED) is 0.790. The molecule has 4 atom stereocenters. The molecule has 2 bridgehead atoms. The minimum absolute atomic E-state index is 0. The fourth-order valence-electron chi connectivity index (χ4n) is 3.58. The van der Waals surface area contributed by atoms with Gasteiger partial charge in [0.15, 0.2) is 0 Å². The number of nitrogens with two attached hydrogens (primary N) is 2. The number of nitrogens with zero attached hydrogens (tertiary/aromatic N) is 1. The summed E-state index contributed by atoms with van der Waals surface area (Å²) >= 11 is 0. The van der Waals surface area contributed by atoms with Gasteiger partial charge in [0, 0.05) is 12.1 Å². The van der Waals surface area contributed by atoms with E-state index < -0.39 is 5.91 Å². The molecule has 0 aromatic rings. The van der Waals surface area contributed by atoms with Gasteiger partial charge >= 0.3 is 0 Å². The maximum Gasteiger partial charge on any atom is 0.237 e. The van der Waals surface area contributed by atoms with Crippen LogP contribution in [0.25, 0.3) is 0 Å². The van der Waals surface area contributed by atoms with Crippen LogP contribution in [-0.4, -0.2) is 35.3 Å². The molecule has 2 amide bonds. The molecule has 2 rings (SSSR count). The fourth-order valence-corrected chi connectivity index (χ4v) is 3.58. The molecule has 4 unspecified atom stereocenters. The Morgan fingerprint density at radius 2 is 1.84 bits per heavy atom. The van der Waals surface area contributed by atoms with Crippen LogP contribution in [-0.2, 0) is 9.59 Å². The highest BCUT2D eigenvalue weighted by atomic mass is 35.5. The number of hydrogen-bond acceptors (Lipinski definition) is 3. The van der Waals surface area contributed by atoms with Crippen LogP contribution in [0.5, 0.6) is 0 Å². The number of rotatable bonds is 4. The van der Waals surface area contributed by atoms with Crippen LogP contribution < -0.4 is 11.5 Å². The Kier molecular flexibility index (Phi) is 5.21. The lowest BCUT2D eigenvalue weighted by atomic mass is 9.83. The molecule has 6 heteroatoms. The highest BCUT2D eigenvalue weighted by Crippen LogP contribution is 2.48. The maximum absolute atomic E-state index is 12.6. The molecule has 0 saturated heterocycles. The van der Waals surface area contributed by atoms with Gasteiger partial charge in [0.05, 0.1) is 12.5 Å². The Labute approximate surface area is 120 Å². The molecule has 0 aliphatic heterocycles. The lowest BCUT2D eigenvalue weighted by Gasteiger charge is -2.34. The number of carbonyl (C=O) groups excluding carboxylic acids is 2. The SMILES string of the molecule is CC(C)N(CC(N)=O)C(=O)C1C2CCC(C2)C1N.Cl. The Bertz CT molecular complexity index is 360. The normalized spacial score (nSPS) is 32.2. The molecule has 4 N–H and O–H groups in total. The van der Waals surface area contributed by atoms with Crippen LogP contribution in [0.2, 0.25) is 0 Å². The zero-order valence-corrected chi connectivity index (χ0v) is 12.4. The van der Waals surface area contributed by atoms with E-state index in [9.17, 15) is 9.59 Å². The molecule has 2 aliphatic rings. The minimum Gasteiger partial charge on any atom is -0.368 e. The van der Waals surface area contributed by atoms with Crippen molar-refractivity contribution >= 4 is 24.2 Å². The van der Waals surface area contributed by atoms with E-state index in [-0.39, 0.29) is 42.9 Å². The molecule has 0 spiro atoms. The topological polar surface area (TPSA) is 89.4 Å². The minimum atomic E-state index is -0.464. The van der Waals surface area contributed by atoms with E-state index in [1.807, 2.05) is 13.8 Å². The highest BCUT2D eigenvalue weighted by Gasteiger charge is 2.50. The van der Waals surface area contributed by atoms with E-state index in [0.29, 0.717) is 11.8 Å². The smallest absolute Gasteiger partial charge is 0.237 e. The van der Waals surface area contributed by atoms with Crippen molar-refractivity contribution in [3.8, 4) is 0 Å². The molecule has 5 nitrogen and oxygen atoms in total. The zero-order valence-electron chi connectivity index (χ0n) is 11.5. The first-order valence-electron chi connectivity index (χ1n) is 6.76. The van der Waals surface area contributed by atoms with E-state index in [1.54, 1.807) is 4.90 Å². The van der Waals surface area contributed by atoms with Gasteiger partial charge in [-0.2, -0.15) is 0 Å². The molecule has 0 heterocycles. The van der Waals surface area contributed by atoms with Gasteiger partial charge in [-0.1, -0.05) is 0 Å².